The molecule has 2 aromatic rings. The second-order valence-corrected chi connectivity index (χ2v) is 5.02. The number of thiazole rings is 1. The van der Waals surface area contributed by atoms with Crippen molar-refractivity contribution in [2.75, 3.05) is 12.4 Å². The zero-order valence-electron chi connectivity index (χ0n) is 11.2. The second-order valence-electron chi connectivity index (χ2n) is 4.16. The van der Waals surface area contributed by atoms with Crippen molar-refractivity contribution in [3.8, 4) is 11.4 Å². The molecule has 0 aliphatic rings. The first-order valence-electron chi connectivity index (χ1n) is 6.06. The summed E-state index contributed by atoms with van der Waals surface area (Å²) in [6, 6.07) is 3.95. The van der Waals surface area contributed by atoms with Crippen molar-refractivity contribution in [3.63, 3.8) is 0 Å². The van der Waals surface area contributed by atoms with Gasteiger partial charge in [-0.05, 0) is 18.6 Å². The van der Waals surface area contributed by atoms with Crippen LogP contribution in [0.25, 0.3) is 11.4 Å². The van der Waals surface area contributed by atoms with E-state index in [0.717, 1.165) is 11.4 Å². The zero-order chi connectivity index (χ0) is 13.8. The molecule has 6 heteroatoms. The van der Waals surface area contributed by atoms with Gasteiger partial charge in [-0.3, -0.25) is 10.1 Å². The van der Waals surface area contributed by atoms with Crippen LogP contribution in [0.2, 0.25) is 0 Å². The molecule has 102 valence electrons. The Bertz CT molecular complexity index is 558. The van der Waals surface area contributed by atoms with Crippen LogP contribution in [0.1, 0.15) is 13.3 Å². The molecular weight excluding hydrogens is 262 g/mol. The summed E-state index contributed by atoms with van der Waals surface area (Å²) in [5, 5.41) is 5.30. The van der Waals surface area contributed by atoms with Crippen LogP contribution in [0.5, 0.6) is 0 Å². The number of carbonyl (C=O) groups is 1. The largest absolute Gasteiger partial charge is 0.372 e. The van der Waals surface area contributed by atoms with E-state index in [1.165, 1.54) is 18.4 Å². The Hall–Kier alpha value is -1.66. The van der Waals surface area contributed by atoms with Gasteiger partial charge in [0, 0.05) is 25.7 Å². The molecule has 1 atom stereocenters. The summed E-state index contributed by atoms with van der Waals surface area (Å²) in [5.74, 6) is -0.155. The van der Waals surface area contributed by atoms with Crippen LogP contribution in [0, 0.1) is 0 Å². The summed E-state index contributed by atoms with van der Waals surface area (Å²) < 4.78 is 7.08. The lowest BCUT2D eigenvalue weighted by Crippen LogP contribution is -2.28. The summed E-state index contributed by atoms with van der Waals surface area (Å²) >= 11 is 1.41. The van der Waals surface area contributed by atoms with Crippen LogP contribution in [0.15, 0.2) is 23.7 Å². The number of nitrogens with zero attached hydrogens (tertiary/aromatic N) is 2. The predicted molar refractivity (Wildman–Crippen MR) is 76.2 cm³/mol. The number of ether oxygens (including phenoxy) is 1. The first-order chi connectivity index (χ1) is 9.15. The fourth-order valence-electron chi connectivity index (χ4n) is 1.82. The van der Waals surface area contributed by atoms with Crippen molar-refractivity contribution >= 4 is 22.4 Å². The van der Waals surface area contributed by atoms with E-state index in [2.05, 4.69) is 10.3 Å². The normalized spacial score (nSPS) is 12.4. The molecule has 0 aromatic carbocycles. The van der Waals surface area contributed by atoms with E-state index in [1.54, 1.807) is 0 Å². The third kappa shape index (κ3) is 3.02. The molecule has 0 saturated heterocycles. The van der Waals surface area contributed by atoms with Crippen LogP contribution >= 0.6 is 11.3 Å². The van der Waals surface area contributed by atoms with Gasteiger partial charge in [0.2, 0.25) is 0 Å². The molecule has 0 saturated carbocycles. The zero-order valence-corrected chi connectivity index (χ0v) is 12.0. The maximum absolute atomic E-state index is 11.9. The maximum Gasteiger partial charge on any atom is 0.255 e. The molecule has 1 N–H and O–H groups in total. The van der Waals surface area contributed by atoms with Gasteiger partial charge in [-0.2, -0.15) is 0 Å². The van der Waals surface area contributed by atoms with E-state index in [0.29, 0.717) is 11.6 Å². The van der Waals surface area contributed by atoms with Crippen molar-refractivity contribution in [1.82, 2.24) is 9.55 Å². The van der Waals surface area contributed by atoms with Crippen molar-refractivity contribution in [2.24, 2.45) is 7.05 Å². The summed E-state index contributed by atoms with van der Waals surface area (Å²) in [5.41, 5.74) is 1.88. The summed E-state index contributed by atoms with van der Waals surface area (Å²) in [4.78, 5) is 16.3. The molecule has 5 nitrogen and oxygen atoms in total. The molecule has 0 aliphatic carbocycles. The quantitative estimate of drug-likeness (QED) is 0.915. The van der Waals surface area contributed by atoms with Gasteiger partial charge >= 0.3 is 0 Å². The first-order valence-corrected chi connectivity index (χ1v) is 6.94. The lowest BCUT2D eigenvalue weighted by atomic mass is 10.2. The molecule has 2 rings (SSSR count). The van der Waals surface area contributed by atoms with E-state index in [-0.39, 0.29) is 5.91 Å². The monoisotopic (exact) mass is 279 g/mol. The Kier molecular flexibility index (Phi) is 4.34. The van der Waals surface area contributed by atoms with Crippen molar-refractivity contribution in [3.05, 3.63) is 23.7 Å². The Morgan fingerprint density at radius 1 is 1.63 bits per heavy atom. The molecule has 19 heavy (non-hydrogen) atoms. The second kappa shape index (κ2) is 5.99. The van der Waals surface area contributed by atoms with Crippen molar-refractivity contribution in [2.45, 2.75) is 19.4 Å². The number of anilines is 1. The van der Waals surface area contributed by atoms with Gasteiger partial charge in [-0.1, -0.05) is 6.92 Å². The topological polar surface area (TPSA) is 56.1 Å². The standard InChI is InChI=1S/C13H17N3O2S/c1-4-11(18-3)12(17)15-13-14-9(8-19-13)10-6-5-7-16(10)2/h5-8,11H,4H2,1-3H3,(H,14,15,17)/t11-/m0/s1. The highest BCUT2D eigenvalue weighted by Crippen LogP contribution is 2.25. The summed E-state index contributed by atoms with van der Waals surface area (Å²) in [6.45, 7) is 1.91. The van der Waals surface area contributed by atoms with E-state index in [9.17, 15) is 4.79 Å². The highest BCUT2D eigenvalue weighted by atomic mass is 32.1. The smallest absolute Gasteiger partial charge is 0.255 e. The predicted octanol–water partition coefficient (Wildman–Crippen LogP) is 2.51. The minimum atomic E-state index is -0.428. The highest BCUT2D eigenvalue weighted by Gasteiger charge is 2.17. The molecule has 0 unspecified atom stereocenters. The number of aryl methyl sites for hydroxylation is 1. The Balaban J connectivity index is 2.10. The van der Waals surface area contributed by atoms with Crippen LogP contribution in [0.3, 0.4) is 0 Å². The first kappa shape index (κ1) is 13.8. The third-order valence-electron chi connectivity index (χ3n) is 2.89. The number of rotatable bonds is 5. The van der Waals surface area contributed by atoms with Crippen LogP contribution in [0.4, 0.5) is 5.13 Å². The number of methoxy groups -OCH3 is 1. The van der Waals surface area contributed by atoms with Crippen molar-refractivity contribution < 1.29 is 9.53 Å². The van der Waals surface area contributed by atoms with E-state index in [1.807, 2.05) is 42.2 Å². The van der Waals surface area contributed by atoms with Gasteiger partial charge in [0.25, 0.3) is 5.91 Å². The Morgan fingerprint density at radius 2 is 2.42 bits per heavy atom. The number of nitrogens with one attached hydrogen (secondary N) is 1. The molecule has 1 amide bonds. The van der Waals surface area contributed by atoms with Gasteiger partial charge in [-0.15, -0.1) is 11.3 Å². The maximum atomic E-state index is 11.9. The highest BCUT2D eigenvalue weighted by molar-refractivity contribution is 7.14. The number of aromatic nitrogens is 2. The lowest BCUT2D eigenvalue weighted by molar-refractivity contribution is -0.125. The van der Waals surface area contributed by atoms with E-state index >= 15 is 0 Å². The van der Waals surface area contributed by atoms with Gasteiger partial charge in [-0.25, -0.2) is 4.98 Å². The molecular formula is C13H17N3O2S. The average molecular weight is 279 g/mol. The molecule has 0 aliphatic heterocycles. The molecule has 2 heterocycles. The van der Waals surface area contributed by atoms with Gasteiger partial charge in [0.05, 0.1) is 11.4 Å². The summed E-state index contributed by atoms with van der Waals surface area (Å²) in [6.07, 6.45) is 2.17. The fraction of sp³-hybridized carbons (Fsp3) is 0.385. The minimum absolute atomic E-state index is 0.155. The third-order valence-corrected chi connectivity index (χ3v) is 3.65. The van der Waals surface area contributed by atoms with Crippen LogP contribution in [-0.4, -0.2) is 28.7 Å². The minimum Gasteiger partial charge on any atom is -0.372 e. The number of amides is 1. The van der Waals surface area contributed by atoms with E-state index < -0.39 is 6.10 Å². The molecule has 0 spiro atoms. The van der Waals surface area contributed by atoms with Gasteiger partial charge < -0.3 is 9.30 Å². The lowest BCUT2D eigenvalue weighted by Gasteiger charge is -2.11. The fourth-order valence-corrected chi connectivity index (χ4v) is 2.53. The Morgan fingerprint density at radius 3 is 3.00 bits per heavy atom. The van der Waals surface area contributed by atoms with Crippen LogP contribution < -0.4 is 5.32 Å². The molecule has 2 aromatic heterocycles. The van der Waals surface area contributed by atoms with Crippen LogP contribution in [-0.2, 0) is 16.6 Å². The number of hydrogen-bond acceptors (Lipinski definition) is 4. The number of hydrogen-bond donors (Lipinski definition) is 1. The molecule has 0 bridgehead atoms. The van der Waals surface area contributed by atoms with Gasteiger partial charge in [0.1, 0.15) is 6.10 Å². The number of carbonyl (C=O) groups excluding carboxylic acids is 1. The summed E-state index contributed by atoms with van der Waals surface area (Å²) in [7, 11) is 3.50. The molecule has 0 radical (unpaired) electrons. The van der Waals surface area contributed by atoms with Crippen molar-refractivity contribution in [1.29, 1.82) is 0 Å². The van der Waals surface area contributed by atoms with E-state index in [4.69, 9.17) is 4.74 Å². The SMILES string of the molecule is CC[C@H](OC)C(=O)Nc1nc(-c2cccn2C)cs1. The van der Waals surface area contributed by atoms with Gasteiger partial charge in [0.15, 0.2) is 5.13 Å². The molecule has 0 fully saturated rings. The average Bonchev–Trinajstić information content (AvgIpc) is 2.99. The Labute approximate surface area is 116 Å².